The number of ether oxygens (including phenoxy) is 2. The predicted octanol–water partition coefficient (Wildman–Crippen LogP) is 4.56. The maximum absolute atomic E-state index is 12.6. The van der Waals surface area contributed by atoms with Crippen molar-refractivity contribution in [3.63, 3.8) is 0 Å². The van der Waals surface area contributed by atoms with E-state index in [9.17, 15) is 4.79 Å². The molecule has 0 radical (unpaired) electrons. The number of amides is 1. The topological polar surface area (TPSA) is 38.8 Å². The summed E-state index contributed by atoms with van der Waals surface area (Å²) in [5.74, 6) is 2.80. The van der Waals surface area contributed by atoms with E-state index >= 15 is 0 Å². The molecule has 0 aromatic heterocycles. The molecule has 0 N–H and O–H groups in total. The Kier molecular flexibility index (Phi) is 6.75. The molecule has 1 amide bonds. The van der Waals surface area contributed by atoms with E-state index in [1.54, 1.807) is 0 Å². The Hall–Kier alpha value is -0.610. The summed E-state index contributed by atoms with van der Waals surface area (Å²) >= 11 is 0. The van der Waals surface area contributed by atoms with Crippen molar-refractivity contribution in [1.82, 2.24) is 4.90 Å². The van der Waals surface area contributed by atoms with Crippen LogP contribution in [0.1, 0.15) is 83.5 Å². The van der Waals surface area contributed by atoms with Crippen LogP contribution in [0, 0.1) is 17.8 Å². The fourth-order valence-corrected chi connectivity index (χ4v) is 5.46. The normalized spacial score (nSPS) is 28.7. The van der Waals surface area contributed by atoms with Gasteiger partial charge in [0.25, 0.3) is 0 Å². The molecule has 27 heavy (non-hydrogen) atoms. The smallest absolute Gasteiger partial charge is 0.222 e. The van der Waals surface area contributed by atoms with Crippen molar-refractivity contribution in [2.75, 3.05) is 32.9 Å². The fourth-order valence-electron chi connectivity index (χ4n) is 5.46. The minimum Gasteiger partial charge on any atom is -0.381 e. The highest BCUT2D eigenvalue weighted by molar-refractivity contribution is 5.76. The summed E-state index contributed by atoms with van der Waals surface area (Å²) in [6, 6.07) is 0. The zero-order valence-electron chi connectivity index (χ0n) is 17.1. The summed E-state index contributed by atoms with van der Waals surface area (Å²) in [7, 11) is 0. The molecule has 4 rings (SSSR count). The lowest BCUT2D eigenvalue weighted by Gasteiger charge is -2.46. The van der Waals surface area contributed by atoms with Gasteiger partial charge in [0.15, 0.2) is 0 Å². The van der Waals surface area contributed by atoms with Crippen molar-refractivity contribution in [2.24, 2.45) is 17.8 Å². The Morgan fingerprint density at radius 2 is 1.74 bits per heavy atom. The third-order valence-electron chi connectivity index (χ3n) is 7.58. The summed E-state index contributed by atoms with van der Waals surface area (Å²) in [5.41, 5.74) is 0.0433. The quantitative estimate of drug-likeness (QED) is 0.582. The summed E-state index contributed by atoms with van der Waals surface area (Å²) in [6.45, 7) is 4.58. The summed E-state index contributed by atoms with van der Waals surface area (Å²) < 4.78 is 12.1. The molecule has 0 aromatic rings. The highest BCUT2D eigenvalue weighted by Crippen LogP contribution is 2.39. The minimum atomic E-state index is 0.0433. The summed E-state index contributed by atoms with van der Waals surface area (Å²) in [6.07, 6.45) is 15.6. The monoisotopic (exact) mass is 377 g/mol. The van der Waals surface area contributed by atoms with Gasteiger partial charge in [-0.15, -0.1) is 0 Å². The van der Waals surface area contributed by atoms with Crippen LogP contribution in [0.3, 0.4) is 0 Å². The van der Waals surface area contributed by atoms with Crippen molar-refractivity contribution in [3.8, 4) is 0 Å². The van der Waals surface area contributed by atoms with Crippen LogP contribution in [0.2, 0.25) is 0 Å². The van der Waals surface area contributed by atoms with Crippen LogP contribution in [-0.2, 0) is 14.3 Å². The molecule has 2 heterocycles. The van der Waals surface area contributed by atoms with Gasteiger partial charge in [0.1, 0.15) is 0 Å². The van der Waals surface area contributed by atoms with Gasteiger partial charge < -0.3 is 14.4 Å². The number of rotatable bonds is 8. The lowest BCUT2D eigenvalue weighted by atomic mass is 9.78. The summed E-state index contributed by atoms with van der Waals surface area (Å²) in [4.78, 5) is 14.7. The number of likely N-dealkylation sites (tertiary alicyclic amines) is 1. The zero-order valence-corrected chi connectivity index (χ0v) is 17.1. The van der Waals surface area contributed by atoms with Crippen LogP contribution in [0.15, 0.2) is 0 Å². The van der Waals surface area contributed by atoms with Crippen molar-refractivity contribution < 1.29 is 14.3 Å². The average Bonchev–Trinajstić information content (AvgIpc) is 3.36. The molecule has 2 saturated carbocycles. The standard InChI is InChI=1S/C23H39NO3/c25-22(8-7-19-3-1-2-4-19)24-13-11-23(12-14-24)17-20(10-16-27-23)9-15-26-18-21-5-6-21/h19-21H,1-18H2. The maximum atomic E-state index is 12.6. The molecule has 1 unspecified atom stereocenters. The first-order valence-electron chi connectivity index (χ1n) is 11.7. The van der Waals surface area contributed by atoms with E-state index in [1.807, 2.05) is 0 Å². The van der Waals surface area contributed by atoms with E-state index in [1.165, 1.54) is 57.8 Å². The Bertz CT molecular complexity index is 476. The Labute approximate surface area is 165 Å². The number of hydrogen-bond donors (Lipinski definition) is 0. The molecule has 0 aromatic carbocycles. The van der Waals surface area contributed by atoms with Crippen molar-refractivity contribution in [2.45, 2.75) is 89.1 Å². The average molecular weight is 378 g/mol. The van der Waals surface area contributed by atoms with Crippen LogP contribution < -0.4 is 0 Å². The Morgan fingerprint density at radius 1 is 0.963 bits per heavy atom. The minimum absolute atomic E-state index is 0.0433. The summed E-state index contributed by atoms with van der Waals surface area (Å²) in [5, 5.41) is 0. The lowest BCUT2D eigenvalue weighted by molar-refractivity contribution is -0.148. The van der Waals surface area contributed by atoms with E-state index in [4.69, 9.17) is 9.47 Å². The van der Waals surface area contributed by atoms with Crippen molar-refractivity contribution in [3.05, 3.63) is 0 Å². The number of carbonyl (C=O) groups excluding carboxylic acids is 1. The highest BCUT2D eigenvalue weighted by atomic mass is 16.5. The van der Waals surface area contributed by atoms with Crippen molar-refractivity contribution >= 4 is 5.91 Å². The van der Waals surface area contributed by atoms with Gasteiger partial charge in [-0.25, -0.2) is 0 Å². The first kappa shape index (κ1) is 19.7. The largest absolute Gasteiger partial charge is 0.381 e. The van der Waals surface area contributed by atoms with Gasteiger partial charge in [-0.1, -0.05) is 25.7 Å². The van der Waals surface area contributed by atoms with E-state index in [-0.39, 0.29) is 5.60 Å². The van der Waals surface area contributed by atoms with E-state index in [0.717, 1.165) is 76.3 Å². The maximum Gasteiger partial charge on any atom is 0.222 e. The van der Waals surface area contributed by atoms with Gasteiger partial charge in [-0.2, -0.15) is 0 Å². The number of hydrogen-bond acceptors (Lipinski definition) is 3. The van der Waals surface area contributed by atoms with Gasteiger partial charge in [0.05, 0.1) is 5.60 Å². The van der Waals surface area contributed by atoms with Crippen LogP contribution in [0.25, 0.3) is 0 Å². The third-order valence-corrected chi connectivity index (χ3v) is 7.58. The molecule has 1 spiro atoms. The first-order valence-corrected chi connectivity index (χ1v) is 11.7. The molecule has 4 fully saturated rings. The van der Waals surface area contributed by atoms with Crippen LogP contribution in [0.4, 0.5) is 0 Å². The number of nitrogens with zero attached hydrogens (tertiary/aromatic N) is 1. The molecular formula is C23H39NO3. The Morgan fingerprint density at radius 3 is 2.48 bits per heavy atom. The second kappa shape index (κ2) is 9.26. The third kappa shape index (κ3) is 5.69. The molecule has 4 aliphatic rings. The van der Waals surface area contributed by atoms with Crippen LogP contribution >= 0.6 is 0 Å². The lowest BCUT2D eigenvalue weighted by Crippen LogP contribution is -2.50. The predicted molar refractivity (Wildman–Crippen MR) is 107 cm³/mol. The first-order chi connectivity index (χ1) is 13.2. The molecule has 4 nitrogen and oxygen atoms in total. The van der Waals surface area contributed by atoms with E-state index in [2.05, 4.69) is 4.90 Å². The van der Waals surface area contributed by atoms with Gasteiger partial charge in [-0.05, 0) is 69.1 Å². The highest BCUT2D eigenvalue weighted by Gasteiger charge is 2.41. The Balaban J connectivity index is 1.16. The molecule has 154 valence electrons. The second-order valence-electron chi connectivity index (χ2n) is 9.77. The van der Waals surface area contributed by atoms with Crippen LogP contribution in [0.5, 0.6) is 0 Å². The fraction of sp³-hybridized carbons (Fsp3) is 0.957. The molecular weight excluding hydrogens is 338 g/mol. The second-order valence-corrected chi connectivity index (χ2v) is 9.77. The van der Waals surface area contributed by atoms with Gasteiger partial charge in [0.2, 0.25) is 5.91 Å². The number of piperidine rings is 1. The molecule has 0 bridgehead atoms. The molecule has 2 saturated heterocycles. The number of carbonyl (C=O) groups is 1. The van der Waals surface area contributed by atoms with Crippen molar-refractivity contribution in [1.29, 1.82) is 0 Å². The SMILES string of the molecule is O=C(CCC1CCCC1)N1CCC2(CC1)CC(CCOCC1CC1)CCO2. The van der Waals surface area contributed by atoms with Crippen LogP contribution in [-0.4, -0.2) is 49.3 Å². The zero-order chi connectivity index (χ0) is 18.5. The molecule has 2 aliphatic carbocycles. The van der Waals surface area contributed by atoms with Gasteiger partial charge >= 0.3 is 0 Å². The molecule has 4 heteroatoms. The molecule has 2 aliphatic heterocycles. The van der Waals surface area contributed by atoms with Gasteiger partial charge in [0, 0.05) is 39.3 Å². The van der Waals surface area contributed by atoms with E-state index in [0.29, 0.717) is 5.91 Å². The van der Waals surface area contributed by atoms with E-state index < -0.39 is 0 Å². The van der Waals surface area contributed by atoms with Gasteiger partial charge in [-0.3, -0.25) is 4.79 Å². The molecule has 1 atom stereocenters.